The van der Waals surface area contributed by atoms with E-state index in [9.17, 15) is 0 Å². The maximum Gasteiger partial charge on any atom is 0.123 e. The van der Waals surface area contributed by atoms with Gasteiger partial charge in [0.15, 0.2) is 0 Å². The predicted molar refractivity (Wildman–Crippen MR) is 74.8 cm³/mol. The quantitative estimate of drug-likeness (QED) is 0.807. The van der Waals surface area contributed by atoms with E-state index in [-0.39, 0.29) is 6.10 Å². The molecule has 0 fully saturated rings. The highest BCUT2D eigenvalue weighted by atomic mass is 16.5. The summed E-state index contributed by atoms with van der Waals surface area (Å²) in [4.78, 5) is 0. The van der Waals surface area contributed by atoms with Crippen molar-refractivity contribution in [3.8, 4) is 5.75 Å². The Hall–Kier alpha value is -1.06. The van der Waals surface area contributed by atoms with Gasteiger partial charge < -0.3 is 15.8 Å². The lowest BCUT2D eigenvalue weighted by molar-refractivity contribution is 0.221. The number of hydrogen-bond donors (Lipinski definition) is 2. The largest absolute Gasteiger partial charge is 0.488 e. The Balaban J connectivity index is 1.74. The molecular formula is C15H24N2O. The van der Waals surface area contributed by atoms with E-state index in [1.807, 2.05) is 12.1 Å². The topological polar surface area (TPSA) is 47.3 Å². The Morgan fingerprint density at radius 1 is 1.39 bits per heavy atom. The van der Waals surface area contributed by atoms with Crippen LogP contribution < -0.4 is 15.8 Å². The summed E-state index contributed by atoms with van der Waals surface area (Å²) in [5, 5.41) is 3.49. The van der Waals surface area contributed by atoms with Gasteiger partial charge in [0.2, 0.25) is 0 Å². The lowest BCUT2D eigenvalue weighted by Crippen LogP contribution is -2.37. The summed E-state index contributed by atoms with van der Waals surface area (Å²) >= 11 is 0. The van der Waals surface area contributed by atoms with Crippen LogP contribution in [0.4, 0.5) is 0 Å². The minimum absolute atomic E-state index is 0.271. The number of rotatable bonds is 6. The highest BCUT2D eigenvalue weighted by Gasteiger charge is 2.22. The standard InChI is InChI=1S/C15H24N2O/c1-11(2)13(8-16)9-17-10-14-7-12-5-3-4-6-15(12)18-14/h3-6,11,13-14,17H,7-10,16H2,1-2H3. The second kappa shape index (κ2) is 6.21. The summed E-state index contributed by atoms with van der Waals surface area (Å²) in [6, 6.07) is 8.29. The molecule has 2 rings (SSSR count). The average molecular weight is 248 g/mol. The molecular weight excluding hydrogens is 224 g/mol. The molecule has 1 aromatic rings. The van der Waals surface area contributed by atoms with E-state index in [0.29, 0.717) is 11.8 Å². The number of nitrogens with one attached hydrogen (secondary N) is 1. The van der Waals surface area contributed by atoms with Gasteiger partial charge in [0.05, 0.1) is 0 Å². The zero-order valence-electron chi connectivity index (χ0n) is 11.4. The third-order valence-electron chi connectivity index (χ3n) is 3.74. The van der Waals surface area contributed by atoms with Crippen LogP contribution in [0.5, 0.6) is 5.75 Å². The van der Waals surface area contributed by atoms with Gasteiger partial charge in [-0.1, -0.05) is 32.0 Å². The van der Waals surface area contributed by atoms with Gasteiger partial charge in [-0.2, -0.15) is 0 Å². The molecule has 1 aliphatic heterocycles. The fraction of sp³-hybridized carbons (Fsp3) is 0.600. The molecule has 0 saturated carbocycles. The number of nitrogens with two attached hydrogens (primary N) is 1. The summed E-state index contributed by atoms with van der Waals surface area (Å²) < 4.78 is 5.89. The molecule has 3 N–H and O–H groups in total. The highest BCUT2D eigenvalue weighted by molar-refractivity contribution is 5.37. The molecule has 0 aliphatic carbocycles. The van der Waals surface area contributed by atoms with Crippen molar-refractivity contribution in [2.45, 2.75) is 26.4 Å². The predicted octanol–water partition coefficient (Wildman–Crippen LogP) is 1.81. The molecule has 1 aliphatic rings. The molecule has 0 saturated heterocycles. The van der Waals surface area contributed by atoms with E-state index in [2.05, 4.69) is 31.3 Å². The molecule has 0 bridgehead atoms. The summed E-state index contributed by atoms with van der Waals surface area (Å²) in [5.74, 6) is 2.22. The average Bonchev–Trinajstić information content (AvgIpc) is 2.76. The van der Waals surface area contributed by atoms with Crippen LogP contribution in [-0.4, -0.2) is 25.7 Å². The zero-order chi connectivity index (χ0) is 13.0. The van der Waals surface area contributed by atoms with Gasteiger partial charge in [-0.15, -0.1) is 0 Å². The van der Waals surface area contributed by atoms with Crippen molar-refractivity contribution in [1.29, 1.82) is 0 Å². The van der Waals surface area contributed by atoms with Crippen molar-refractivity contribution in [2.75, 3.05) is 19.6 Å². The first-order chi connectivity index (χ1) is 8.70. The molecule has 18 heavy (non-hydrogen) atoms. The van der Waals surface area contributed by atoms with Gasteiger partial charge in [-0.3, -0.25) is 0 Å². The van der Waals surface area contributed by atoms with Crippen molar-refractivity contribution in [2.24, 2.45) is 17.6 Å². The number of para-hydroxylation sites is 1. The van der Waals surface area contributed by atoms with Gasteiger partial charge >= 0.3 is 0 Å². The zero-order valence-corrected chi connectivity index (χ0v) is 11.4. The molecule has 2 atom stereocenters. The Morgan fingerprint density at radius 3 is 2.83 bits per heavy atom. The van der Waals surface area contributed by atoms with Crippen LogP contribution in [-0.2, 0) is 6.42 Å². The van der Waals surface area contributed by atoms with Crippen LogP contribution in [0.3, 0.4) is 0 Å². The van der Waals surface area contributed by atoms with Gasteiger partial charge in [0.25, 0.3) is 0 Å². The van der Waals surface area contributed by atoms with Crippen molar-refractivity contribution < 1.29 is 4.74 Å². The Kier molecular flexibility index (Phi) is 4.61. The molecule has 0 spiro atoms. The Morgan fingerprint density at radius 2 is 2.17 bits per heavy atom. The SMILES string of the molecule is CC(C)C(CN)CNCC1Cc2ccccc2O1. The molecule has 0 radical (unpaired) electrons. The smallest absolute Gasteiger partial charge is 0.123 e. The van der Waals surface area contributed by atoms with E-state index in [0.717, 1.165) is 31.8 Å². The maximum absolute atomic E-state index is 5.89. The van der Waals surface area contributed by atoms with Crippen molar-refractivity contribution in [1.82, 2.24) is 5.32 Å². The molecule has 2 unspecified atom stereocenters. The number of fused-ring (bicyclic) bond motifs is 1. The van der Waals surface area contributed by atoms with E-state index >= 15 is 0 Å². The summed E-state index contributed by atoms with van der Waals surface area (Å²) in [5.41, 5.74) is 7.09. The van der Waals surface area contributed by atoms with Crippen LogP contribution in [0.15, 0.2) is 24.3 Å². The van der Waals surface area contributed by atoms with Crippen molar-refractivity contribution >= 4 is 0 Å². The monoisotopic (exact) mass is 248 g/mol. The van der Waals surface area contributed by atoms with E-state index in [1.54, 1.807) is 0 Å². The third-order valence-corrected chi connectivity index (χ3v) is 3.74. The first-order valence-corrected chi connectivity index (χ1v) is 6.86. The van der Waals surface area contributed by atoms with Crippen molar-refractivity contribution in [3.05, 3.63) is 29.8 Å². The highest BCUT2D eigenvalue weighted by Crippen LogP contribution is 2.27. The van der Waals surface area contributed by atoms with Gasteiger partial charge in [0, 0.05) is 13.0 Å². The number of ether oxygens (including phenoxy) is 1. The minimum Gasteiger partial charge on any atom is -0.488 e. The van der Waals surface area contributed by atoms with Gasteiger partial charge in [0.1, 0.15) is 11.9 Å². The fourth-order valence-corrected chi connectivity index (χ4v) is 2.39. The van der Waals surface area contributed by atoms with Crippen LogP contribution in [0.2, 0.25) is 0 Å². The number of benzene rings is 1. The second-order valence-electron chi connectivity index (χ2n) is 5.45. The van der Waals surface area contributed by atoms with Gasteiger partial charge in [-0.05, 0) is 36.6 Å². The van der Waals surface area contributed by atoms with Crippen molar-refractivity contribution in [3.63, 3.8) is 0 Å². The van der Waals surface area contributed by atoms with E-state index < -0.39 is 0 Å². The summed E-state index contributed by atoms with van der Waals surface area (Å²) in [7, 11) is 0. The first kappa shape index (κ1) is 13.4. The molecule has 1 heterocycles. The van der Waals surface area contributed by atoms with Gasteiger partial charge in [-0.25, -0.2) is 0 Å². The maximum atomic E-state index is 5.89. The van der Waals surface area contributed by atoms with E-state index in [4.69, 9.17) is 10.5 Å². The fourth-order valence-electron chi connectivity index (χ4n) is 2.39. The molecule has 0 aromatic heterocycles. The summed E-state index contributed by atoms with van der Waals surface area (Å²) in [6.45, 7) is 7.07. The molecule has 3 heteroatoms. The Bertz CT molecular complexity index is 354. The minimum atomic E-state index is 0.271. The van der Waals surface area contributed by atoms with Crippen LogP contribution in [0.25, 0.3) is 0 Å². The first-order valence-electron chi connectivity index (χ1n) is 6.86. The molecule has 100 valence electrons. The summed E-state index contributed by atoms with van der Waals surface area (Å²) in [6.07, 6.45) is 1.28. The normalized spacial score (nSPS) is 19.7. The third kappa shape index (κ3) is 3.24. The Labute approximate surface area is 110 Å². The van der Waals surface area contributed by atoms with E-state index in [1.165, 1.54) is 5.56 Å². The molecule has 3 nitrogen and oxygen atoms in total. The second-order valence-corrected chi connectivity index (χ2v) is 5.45. The van der Waals surface area contributed by atoms with Crippen LogP contribution in [0, 0.1) is 11.8 Å². The lowest BCUT2D eigenvalue weighted by atomic mass is 9.96. The lowest BCUT2D eigenvalue weighted by Gasteiger charge is -2.20. The number of hydrogen-bond acceptors (Lipinski definition) is 3. The molecule has 0 amide bonds. The molecule has 1 aromatic carbocycles. The van der Waals surface area contributed by atoms with Crippen LogP contribution in [0.1, 0.15) is 19.4 Å². The van der Waals surface area contributed by atoms with Crippen LogP contribution >= 0.6 is 0 Å².